The van der Waals surface area contributed by atoms with Gasteiger partial charge in [0.15, 0.2) is 0 Å². The molecule has 1 heterocycles. The Hall–Kier alpha value is -1.59. The van der Waals surface area contributed by atoms with Gasteiger partial charge in [0.05, 0.1) is 12.1 Å². The molecule has 0 N–H and O–H groups in total. The van der Waals surface area contributed by atoms with E-state index in [0.717, 1.165) is 10.9 Å². The summed E-state index contributed by atoms with van der Waals surface area (Å²) in [6.45, 7) is 6.98. The SMILES string of the molecule is [C-]#[N+]c1c(Cl)ccc2ncccc12. The van der Waals surface area contributed by atoms with Crippen molar-refractivity contribution in [1.82, 2.24) is 4.98 Å². The van der Waals surface area contributed by atoms with E-state index in [-0.39, 0.29) is 0 Å². The molecule has 62 valence electrons. The fourth-order valence-corrected chi connectivity index (χ4v) is 1.43. The lowest BCUT2D eigenvalue weighted by molar-refractivity contribution is 1.41. The third-order valence-corrected chi connectivity index (χ3v) is 2.12. The van der Waals surface area contributed by atoms with Crippen molar-refractivity contribution < 1.29 is 0 Å². The minimum atomic E-state index is 0.479. The summed E-state index contributed by atoms with van der Waals surface area (Å²) in [7, 11) is 0. The van der Waals surface area contributed by atoms with Crippen molar-refractivity contribution in [3.63, 3.8) is 0 Å². The molecule has 0 atom stereocenters. The molecule has 0 saturated carbocycles. The number of hydrogen-bond donors (Lipinski definition) is 0. The van der Waals surface area contributed by atoms with Gasteiger partial charge in [-0.1, -0.05) is 23.7 Å². The molecular weight excluding hydrogens is 184 g/mol. The van der Waals surface area contributed by atoms with Crippen LogP contribution >= 0.6 is 11.6 Å². The van der Waals surface area contributed by atoms with Gasteiger partial charge in [-0.15, -0.1) is 0 Å². The molecule has 13 heavy (non-hydrogen) atoms. The molecular formula is C10H5ClN2. The topological polar surface area (TPSA) is 17.2 Å². The Bertz CT molecular complexity index is 500. The number of halogens is 1. The Balaban J connectivity index is 2.94. The molecule has 0 amide bonds. The number of nitrogens with zero attached hydrogens (tertiary/aromatic N) is 2. The maximum Gasteiger partial charge on any atom is 0.214 e. The Labute approximate surface area is 80.6 Å². The number of pyridine rings is 1. The molecule has 0 bridgehead atoms. The summed E-state index contributed by atoms with van der Waals surface area (Å²) in [6.07, 6.45) is 1.70. The van der Waals surface area contributed by atoms with Crippen LogP contribution in [0.4, 0.5) is 5.69 Å². The molecule has 1 aromatic heterocycles. The first kappa shape index (κ1) is 8.03. The molecule has 0 radical (unpaired) electrons. The molecule has 0 aliphatic carbocycles. The number of hydrogen-bond acceptors (Lipinski definition) is 1. The summed E-state index contributed by atoms with van der Waals surface area (Å²) < 4.78 is 0. The molecule has 0 aliphatic heterocycles. The molecule has 0 aliphatic rings. The van der Waals surface area contributed by atoms with E-state index in [9.17, 15) is 0 Å². The molecule has 3 heteroatoms. The molecule has 0 fully saturated rings. The van der Waals surface area contributed by atoms with E-state index in [2.05, 4.69) is 9.83 Å². The maximum atomic E-state index is 6.98. The monoisotopic (exact) mass is 188 g/mol. The highest BCUT2D eigenvalue weighted by Crippen LogP contribution is 2.32. The average molecular weight is 189 g/mol. The van der Waals surface area contributed by atoms with Crippen molar-refractivity contribution in [2.75, 3.05) is 0 Å². The summed E-state index contributed by atoms with van der Waals surface area (Å²) in [4.78, 5) is 7.51. The van der Waals surface area contributed by atoms with Gasteiger partial charge < -0.3 is 0 Å². The summed E-state index contributed by atoms with van der Waals surface area (Å²) in [5, 5.41) is 1.29. The van der Waals surface area contributed by atoms with E-state index in [0.29, 0.717) is 10.7 Å². The minimum Gasteiger partial charge on any atom is -0.258 e. The van der Waals surface area contributed by atoms with Crippen LogP contribution in [0.15, 0.2) is 30.5 Å². The lowest BCUT2D eigenvalue weighted by Crippen LogP contribution is -1.77. The second kappa shape index (κ2) is 3.04. The number of aromatic nitrogens is 1. The lowest BCUT2D eigenvalue weighted by atomic mass is 10.2. The van der Waals surface area contributed by atoms with E-state index in [1.54, 1.807) is 18.3 Å². The molecule has 0 unspecified atom stereocenters. The van der Waals surface area contributed by atoms with E-state index in [1.807, 2.05) is 12.1 Å². The van der Waals surface area contributed by atoms with Gasteiger partial charge in [-0.3, -0.25) is 4.98 Å². The first-order chi connectivity index (χ1) is 6.33. The average Bonchev–Trinajstić information content (AvgIpc) is 2.18. The van der Waals surface area contributed by atoms with Gasteiger partial charge >= 0.3 is 0 Å². The normalized spacial score (nSPS) is 9.85. The van der Waals surface area contributed by atoms with Crippen molar-refractivity contribution in [3.05, 3.63) is 46.9 Å². The van der Waals surface area contributed by atoms with Gasteiger partial charge in [-0.25, -0.2) is 4.85 Å². The predicted octanol–water partition coefficient (Wildman–Crippen LogP) is 3.44. The van der Waals surface area contributed by atoms with E-state index < -0.39 is 0 Å². The van der Waals surface area contributed by atoms with Crippen LogP contribution < -0.4 is 0 Å². The predicted molar refractivity (Wildman–Crippen MR) is 53.0 cm³/mol. The van der Waals surface area contributed by atoms with Gasteiger partial charge in [-0.05, 0) is 12.1 Å². The highest BCUT2D eigenvalue weighted by molar-refractivity contribution is 6.34. The van der Waals surface area contributed by atoms with Crippen LogP contribution in [0.3, 0.4) is 0 Å². The lowest BCUT2D eigenvalue weighted by Gasteiger charge is -1.99. The highest BCUT2D eigenvalue weighted by atomic mass is 35.5. The largest absolute Gasteiger partial charge is 0.258 e. The van der Waals surface area contributed by atoms with Gasteiger partial charge in [0.2, 0.25) is 5.69 Å². The Morgan fingerprint density at radius 3 is 2.92 bits per heavy atom. The van der Waals surface area contributed by atoms with Gasteiger partial charge in [0, 0.05) is 16.6 Å². The first-order valence-corrected chi connectivity index (χ1v) is 4.11. The molecule has 0 spiro atoms. The van der Waals surface area contributed by atoms with Gasteiger partial charge in [-0.2, -0.15) is 0 Å². The molecule has 2 rings (SSSR count). The quantitative estimate of drug-likeness (QED) is 0.579. The van der Waals surface area contributed by atoms with Crippen molar-refractivity contribution in [2.24, 2.45) is 0 Å². The second-order valence-electron chi connectivity index (χ2n) is 2.58. The van der Waals surface area contributed by atoms with Crippen LogP contribution in [0.2, 0.25) is 5.02 Å². The van der Waals surface area contributed by atoms with Crippen LogP contribution in [0.5, 0.6) is 0 Å². The Morgan fingerprint density at radius 1 is 1.31 bits per heavy atom. The van der Waals surface area contributed by atoms with Crippen molar-refractivity contribution in [1.29, 1.82) is 0 Å². The number of fused-ring (bicyclic) bond motifs is 1. The number of rotatable bonds is 0. The second-order valence-corrected chi connectivity index (χ2v) is 2.99. The zero-order valence-corrected chi connectivity index (χ0v) is 7.42. The van der Waals surface area contributed by atoms with Gasteiger partial charge in [0.25, 0.3) is 0 Å². The van der Waals surface area contributed by atoms with Crippen LogP contribution in [0, 0.1) is 6.57 Å². The molecule has 1 aromatic carbocycles. The van der Waals surface area contributed by atoms with Crippen LogP contribution in [0.1, 0.15) is 0 Å². The zero-order chi connectivity index (χ0) is 9.26. The van der Waals surface area contributed by atoms with Crippen molar-refractivity contribution >= 4 is 28.2 Å². The highest BCUT2D eigenvalue weighted by Gasteiger charge is 2.04. The third-order valence-electron chi connectivity index (χ3n) is 1.82. The summed E-state index contributed by atoms with van der Waals surface area (Å²) in [6, 6.07) is 7.16. The van der Waals surface area contributed by atoms with E-state index >= 15 is 0 Å². The minimum absolute atomic E-state index is 0.479. The summed E-state index contributed by atoms with van der Waals surface area (Å²) >= 11 is 5.86. The van der Waals surface area contributed by atoms with Crippen LogP contribution in [-0.2, 0) is 0 Å². The molecule has 2 nitrogen and oxygen atoms in total. The fourth-order valence-electron chi connectivity index (χ4n) is 1.22. The Kier molecular flexibility index (Phi) is 1.88. The van der Waals surface area contributed by atoms with Crippen molar-refractivity contribution in [3.8, 4) is 0 Å². The Morgan fingerprint density at radius 2 is 2.15 bits per heavy atom. The van der Waals surface area contributed by atoms with E-state index in [1.165, 1.54) is 0 Å². The van der Waals surface area contributed by atoms with Crippen molar-refractivity contribution in [2.45, 2.75) is 0 Å². The molecule has 0 saturated heterocycles. The van der Waals surface area contributed by atoms with E-state index in [4.69, 9.17) is 18.2 Å². The zero-order valence-electron chi connectivity index (χ0n) is 6.66. The molecule has 2 aromatic rings. The number of benzene rings is 1. The van der Waals surface area contributed by atoms with Gasteiger partial charge in [0.1, 0.15) is 0 Å². The maximum absolute atomic E-state index is 6.98. The standard InChI is InChI=1S/C10H5ClN2/c1-12-10-7-3-2-6-13-9(7)5-4-8(10)11/h2-6H. The smallest absolute Gasteiger partial charge is 0.214 e. The third kappa shape index (κ3) is 1.24. The van der Waals surface area contributed by atoms with Crippen LogP contribution in [0.25, 0.3) is 15.7 Å². The first-order valence-electron chi connectivity index (χ1n) is 3.73. The summed E-state index contributed by atoms with van der Waals surface area (Å²) in [5.74, 6) is 0. The van der Waals surface area contributed by atoms with Crippen LogP contribution in [-0.4, -0.2) is 4.98 Å². The summed E-state index contributed by atoms with van der Waals surface area (Å²) in [5.41, 5.74) is 1.28. The fraction of sp³-hybridized carbons (Fsp3) is 0.